The molecule has 0 atom stereocenters. The van der Waals surface area contributed by atoms with E-state index in [9.17, 15) is 0 Å². The predicted octanol–water partition coefficient (Wildman–Crippen LogP) is 2.72. The molecule has 80 valence electrons. The van der Waals surface area contributed by atoms with E-state index in [2.05, 4.69) is 25.9 Å². The van der Waals surface area contributed by atoms with Gasteiger partial charge in [-0.3, -0.25) is 0 Å². The molecule has 0 saturated heterocycles. The van der Waals surface area contributed by atoms with Gasteiger partial charge < -0.3 is 9.72 Å². The summed E-state index contributed by atoms with van der Waals surface area (Å²) in [7, 11) is 1.61. The Kier molecular flexibility index (Phi) is 2.93. The molecule has 16 heavy (non-hydrogen) atoms. The van der Waals surface area contributed by atoms with Crippen LogP contribution in [0.2, 0.25) is 0 Å². The smallest absolute Gasteiger partial charge is 0.166 e. The Morgan fingerprint density at radius 1 is 1.50 bits per heavy atom. The molecule has 0 bridgehead atoms. The first-order valence-corrected chi connectivity index (χ1v) is 5.33. The van der Waals surface area contributed by atoms with Crippen LogP contribution in [0.15, 0.2) is 29.0 Å². The number of rotatable bonds is 2. The maximum absolute atomic E-state index is 8.87. The van der Waals surface area contributed by atoms with E-state index in [4.69, 9.17) is 10.00 Å². The molecule has 0 unspecified atom stereocenters. The fraction of sp³-hybridized carbons (Fsp3) is 0.0909. The number of benzene rings is 1. The van der Waals surface area contributed by atoms with Crippen LogP contribution in [0.3, 0.4) is 0 Å². The highest BCUT2D eigenvalue weighted by Crippen LogP contribution is 2.30. The van der Waals surface area contributed by atoms with Gasteiger partial charge in [-0.2, -0.15) is 5.26 Å². The Balaban J connectivity index is 2.50. The first-order valence-electron chi connectivity index (χ1n) is 4.53. The number of aromatic nitrogens is 2. The summed E-state index contributed by atoms with van der Waals surface area (Å²) in [4.78, 5) is 6.86. The number of H-pyrrole nitrogens is 1. The molecule has 5 heteroatoms. The zero-order valence-corrected chi connectivity index (χ0v) is 10.1. The van der Waals surface area contributed by atoms with Crippen molar-refractivity contribution < 1.29 is 4.74 Å². The molecular weight excluding hydrogens is 270 g/mol. The first-order chi connectivity index (χ1) is 7.76. The SMILES string of the molecule is COc1ccc(-c2[nH]cnc2C#N)cc1Br. The van der Waals surface area contributed by atoms with Crippen LogP contribution in [0.5, 0.6) is 5.75 Å². The van der Waals surface area contributed by atoms with Crippen LogP contribution in [-0.2, 0) is 0 Å². The maximum atomic E-state index is 8.87. The number of halogens is 1. The lowest BCUT2D eigenvalue weighted by molar-refractivity contribution is 0.412. The fourth-order valence-electron chi connectivity index (χ4n) is 1.42. The van der Waals surface area contributed by atoms with E-state index < -0.39 is 0 Å². The molecule has 1 N–H and O–H groups in total. The van der Waals surface area contributed by atoms with Gasteiger partial charge in [0.2, 0.25) is 0 Å². The molecule has 2 aromatic rings. The minimum Gasteiger partial charge on any atom is -0.496 e. The van der Waals surface area contributed by atoms with E-state index in [-0.39, 0.29) is 0 Å². The fourth-order valence-corrected chi connectivity index (χ4v) is 1.96. The van der Waals surface area contributed by atoms with E-state index in [1.807, 2.05) is 24.3 Å². The minimum atomic E-state index is 0.386. The largest absolute Gasteiger partial charge is 0.496 e. The highest BCUT2D eigenvalue weighted by atomic mass is 79.9. The first kappa shape index (κ1) is 10.7. The van der Waals surface area contributed by atoms with Crippen molar-refractivity contribution in [3.8, 4) is 23.1 Å². The minimum absolute atomic E-state index is 0.386. The highest BCUT2D eigenvalue weighted by molar-refractivity contribution is 9.10. The number of nitrogens with one attached hydrogen (secondary N) is 1. The van der Waals surface area contributed by atoms with Crippen LogP contribution in [0, 0.1) is 11.3 Å². The third-order valence-corrected chi connectivity index (χ3v) is 2.81. The quantitative estimate of drug-likeness (QED) is 0.918. The topological polar surface area (TPSA) is 61.7 Å². The van der Waals surface area contributed by atoms with Crippen molar-refractivity contribution in [3.63, 3.8) is 0 Å². The van der Waals surface area contributed by atoms with Crippen molar-refractivity contribution in [1.82, 2.24) is 9.97 Å². The van der Waals surface area contributed by atoms with Crippen molar-refractivity contribution in [2.24, 2.45) is 0 Å². The lowest BCUT2D eigenvalue weighted by Crippen LogP contribution is -1.87. The average molecular weight is 278 g/mol. The van der Waals surface area contributed by atoms with Crippen LogP contribution in [-0.4, -0.2) is 17.1 Å². The number of nitriles is 1. The van der Waals surface area contributed by atoms with Crippen molar-refractivity contribution in [3.05, 3.63) is 34.7 Å². The molecule has 1 heterocycles. The normalized spacial score (nSPS) is 9.81. The average Bonchev–Trinajstić information content (AvgIpc) is 2.77. The van der Waals surface area contributed by atoms with E-state index >= 15 is 0 Å². The molecule has 1 aromatic heterocycles. The molecule has 0 aliphatic carbocycles. The number of imidazole rings is 1. The van der Waals surface area contributed by atoms with E-state index in [1.165, 1.54) is 6.33 Å². The Hall–Kier alpha value is -1.80. The number of nitrogens with zero attached hydrogens (tertiary/aromatic N) is 2. The second kappa shape index (κ2) is 4.37. The van der Waals surface area contributed by atoms with Crippen LogP contribution in [0.4, 0.5) is 0 Å². The summed E-state index contributed by atoms with van der Waals surface area (Å²) in [5.41, 5.74) is 1.99. The van der Waals surface area contributed by atoms with Crippen LogP contribution in [0.25, 0.3) is 11.3 Å². The molecule has 0 radical (unpaired) electrons. The van der Waals surface area contributed by atoms with Crippen LogP contribution < -0.4 is 4.74 Å². The molecule has 0 aliphatic rings. The number of hydrogen-bond donors (Lipinski definition) is 1. The lowest BCUT2D eigenvalue weighted by atomic mass is 10.1. The Morgan fingerprint density at radius 2 is 2.31 bits per heavy atom. The van der Waals surface area contributed by atoms with Crippen LogP contribution in [0.1, 0.15) is 5.69 Å². The lowest BCUT2D eigenvalue weighted by Gasteiger charge is -2.05. The van der Waals surface area contributed by atoms with Gasteiger partial charge in [0.05, 0.1) is 23.6 Å². The molecule has 1 aromatic carbocycles. The maximum Gasteiger partial charge on any atom is 0.166 e. The van der Waals surface area contributed by atoms with E-state index in [0.717, 1.165) is 15.8 Å². The summed E-state index contributed by atoms with van der Waals surface area (Å²) in [6, 6.07) is 7.62. The highest BCUT2D eigenvalue weighted by Gasteiger charge is 2.09. The van der Waals surface area contributed by atoms with E-state index in [1.54, 1.807) is 7.11 Å². The van der Waals surface area contributed by atoms with Crippen molar-refractivity contribution in [1.29, 1.82) is 5.26 Å². The molecular formula is C11H8BrN3O. The Morgan fingerprint density at radius 3 is 2.94 bits per heavy atom. The number of ether oxygens (including phenoxy) is 1. The van der Waals surface area contributed by atoms with Gasteiger partial charge in [0.15, 0.2) is 5.69 Å². The second-order valence-corrected chi connectivity index (χ2v) is 3.94. The number of aromatic amines is 1. The standard InChI is InChI=1S/C11H8BrN3O/c1-16-10-3-2-7(4-8(10)12)11-9(5-13)14-6-15-11/h2-4,6H,1H3,(H,14,15). The Bertz CT molecular complexity index is 557. The zero-order chi connectivity index (χ0) is 11.5. The summed E-state index contributed by atoms with van der Waals surface area (Å²) in [5, 5.41) is 8.87. The predicted molar refractivity (Wildman–Crippen MR) is 63.0 cm³/mol. The summed E-state index contributed by atoms with van der Waals surface area (Å²) >= 11 is 3.40. The molecule has 4 nitrogen and oxygen atoms in total. The summed E-state index contributed by atoms with van der Waals surface area (Å²) in [6.45, 7) is 0. The van der Waals surface area contributed by atoms with Crippen LogP contribution >= 0.6 is 15.9 Å². The van der Waals surface area contributed by atoms with Crippen molar-refractivity contribution in [2.75, 3.05) is 7.11 Å². The Labute approximate surface area is 101 Å². The summed E-state index contributed by atoms with van der Waals surface area (Å²) in [6.07, 6.45) is 1.51. The van der Waals surface area contributed by atoms with Crippen molar-refractivity contribution in [2.45, 2.75) is 0 Å². The molecule has 0 fully saturated rings. The molecule has 0 spiro atoms. The summed E-state index contributed by atoms with van der Waals surface area (Å²) < 4.78 is 5.98. The van der Waals surface area contributed by atoms with Gasteiger partial charge in [0.1, 0.15) is 11.8 Å². The monoisotopic (exact) mass is 277 g/mol. The van der Waals surface area contributed by atoms with E-state index in [0.29, 0.717) is 11.4 Å². The van der Waals surface area contributed by atoms with Gasteiger partial charge in [0.25, 0.3) is 0 Å². The van der Waals surface area contributed by atoms with Gasteiger partial charge in [-0.25, -0.2) is 4.98 Å². The van der Waals surface area contributed by atoms with Gasteiger partial charge in [-0.15, -0.1) is 0 Å². The van der Waals surface area contributed by atoms with Gasteiger partial charge in [0, 0.05) is 5.56 Å². The molecule has 2 rings (SSSR count). The molecule has 0 amide bonds. The molecule has 0 saturated carbocycles. The van der Waals surface area contributed by atoms with Gasteiger partial charge >= 0.3 is 0 Å². The van der Waals surface area contributed by atoms with Gasteiger partial charge in [-0.05, 0) is 34.1 Å². The number of hydrogen-bond acceptors (Lipinski definition) is 3. The number of methoxy groups -OCH3 is 1. The summed E-state index contributed by atoms with van der Waals surface area (Å²) in [5.74, 6) is 0.752. The van der Waals surface area contributed by atoms with Gasteiger partial charge in [-0.1, -0.05) is 0 Å². The zero-order valence-electron chi connectivity index (χ0n) is 8.49. The third-order valence-electron chi connectivity index (χ3n) is 2.19. The van der Waals surface area contributed by atoms with Crippen molar-refractivity contribution >= 4 is 15.9 Å². The third kappa shape index (κ3) is 1.79. The molecule has 0 aliphatic heterocycles. The second-order valence-electron chi connectivity index (χ2n) is 3.09.